The van der Waals surface area contributed by atoms with Crippen LogP contribution in [-0.2, 0) is 20.9 Å². The molecule has 0 saturated heterocycles. The number of allylic oxidation sites excluding steroid dienone is 1. The van der Waals surface area contributed by atoms with Gasteiger partial charge in [-0.15, -0.1) is 0 Å². The Balaban J connectivity index is 1.67. The first kappa shape index (κ1) is 26.3. The topological polar surface area (TPSA) is 89.5 Å². The summed E-state index contributed by atoms with van der Waals surface area (Å²) < 4.78 is 29.7. The Labute approximate surface area is 219 Å². The van der Waals surface area contributed by atoms with Gasteiger partial charge in [-0.3, -0.25) is 4.79 Å². The number of hydrogen-bond acceptors (Lipinski definition) is 8. The summed E-state index contributed by atoms with van der Waals surface area (Å²) >= 11 is 1.38. The lowest BCUT2D eigenvalue weighted by atomic mass is 9.92. The van der Waals surface area contributed by atoms with E-state index in [1.165, 1.54) is 23.9 Å². The molecule has 4 rings (SSSR count). The fourth-order valence-corrected chi connectivity index (χ4v) is 5.18. The van der Waals surface area contributed by atoms with Gasteiger partial charge >= 0.3 is 5.97 Å². The molecule has 10 heteroatoms. The zero-order valence-electron chi connectivity index (χ0n) is 21.0. The Kier molecular flexibility index (Phi) is 8.17. The molecule has 2 aromatic rings. The zero-order chi connectivity index (χ0) is 26.5. The maximum absolute atomic E-state index is 13.2. The number of amidine groups is 1. The highest BCUT2D eigenvalue weighted by atomic mass is 32.2. The minimum absolute atomic E-state index is 0.0468. The van der Waals surface area contributed by atoms with Crippen molar-refractivity contribution in [3.05, 3.63) is 81.8 Å². The predicted molar refractivity (Wildman–Crippen MR) is 139 cm³/mol. The molecular formula is C27H28FN3O5S. The fraction of sp³-hybridized carbons (Fsp3) is 0.296. The molecule has 194 valence electrons. The van der Waals surface area contributed by atoms with E-state index in [0.29, 0.717) is 39.2 Å². The molecule has 37 heavy (non-hydrogen) atoms. The zero-order valence-corrected chi connectivity index (χ0v) is 21.9. The summed E-state index contributed by atoms with van der Waals surface area (Å²) in [5, 5.41) is 5.37. The Morgan fingerprint density at radius 1 is 1.14 bits per heavy atom. The third kappa shape index (κ3) is 5.64. The van der Waals surface area contributed by atoms with Crippen LogP contribution in [0.5, 0.6) is 11.5 Å². The number of halogens is 1. The SMILES string of the molecule is CCOC(=O)C1=C(C)N=C2SC=C(CC(=O)NCc3ccc(F)cc3)N2[C@H]1c1cc(OC)ccc1OC. The third-order valence-electron chi connectivity index (χ3n) is 5.97. The lowest BCUT2D eigenvalue weighted by Gasteiger charge is -2.36. The second-order valence-electron chi connectivity index (χ2n) is 8.30. The summed E-state index contributed by atoms with van der Waals surface area (Å²) in [5.74, 6) is 0.0983. The number of amides is 1. The molecule has 2 aliphatic heterocycles. The maximum Gasteiger partial charge on any atom is 0.338 e. The van der Waals surface area contributed by atoms with E-state index in [0.717, 1.165) is 5.56 Å². The second-order valence-corrected chi connectivity index (χ2v) is 9.14. The molecule has 1 atom stereocenters. The standard InChI is InChI=1S/C27H28FN3O5S/c1-5-36-26(33)24-16(2)30-27-31(25(24)21-13-20(34-3)10-11-22(21)35-4)19(15-37-27)12-23(32)29-14-17-6-8-18(28)9-7-17/h6-11,13,15,25H,5,12,14H2,1-4H3,(H,29,32)/t25-/m0/s1. The normalized spacial score (nSPS) is 16.6. The van der Waals surface area contributed by atoms with Gasteiger partial charge < -0.3 is 24.4 Å². The number of esters is 1. The van der Waals surface area contributed by atoms with Crippen molar-refractivity contribution < 1.29 is 28.2 Å². The van der Waals surface area contributed by atoms with E-state index in [9.17, 15) is 14.0 Å². The van der Waals surface area contributed by atoms with Crippen LogP contribution in [0.2, 0.25) is 0 Å². The lowest BCUT2D eigenvalue weighted by Crippen LogP contribution is -2.38. The number of rotatable bonds is 9. The highest BCUT2D eigenvalue weighted by molar-refractivity contribution is 8.16. The van der Waals surface area contributed by atoms with Crippen LogP contribution in [-0.4, -0.2) is 42.8 Å². The number of nitrogens with one attached hydrogen (secondary N) is 1. The van der Waals surface area contributed by atoms with Crippen molar-refractivity contribution in [2.45, 2.75) is 32.9 Å². The number of hydrogen-bond donors (Lipinski definition) is 1. The number of nitrogens with zero attached hydrogens (tertiary/aromatic N) is 2. The van der Waals surface area contributed by atoms with Gasteiger partial charge in [-0.1, -0.05) is 23.9 Å². The molecule has 1 amide bonds. The number of methoxy groups -OCH3 is 2. The maximum atomic E-state index is 13.2. The number of aliphatic imine (C=N–C) groups is 1. The third-order valence-corrected chi connectivity index (χ3v) is 6.86. The number of carbonyl (C=O) groups is 2. The van der Waals surface area contributed by atoms with Crippen LogP contribution in [0.25, 0.3) is 0 Å². The Morgan fingerprint density at radius 2 is 1.89 bits per heavy atom. The van der Waals surface area contributed by atoms with Crippen LogP contribution in [0, 0.1) is 5.82 Å². The molecule has 0 fully saturated rings. The summed E-state index contributed by atoms with van der Waals surface area (Å²) in [5.41, 5.74) is 3.02. The van der Waals surface area contributed by atoms with Crippen molar-refractivity contribution in [3.63, 3.8) is 0 Å². The Bertz CT molecular complexity index is 1290. The van der Waals surface area contributed by atoms with Crippen LogP contribution < -0.4 is 14.8 Å². The number of fused-ring (bicyclic) bond motifs is 1. The van der Waals surface area contributed by atoms with E-state index in [4.69, 9.17) is 14.2 Å². The number of thioether (sulfide) groups is 1. The molecule has 2 aromatic carbocycles. The van der Waals surface area contributed by atoms with E-state index in [-0.39, 0.29) is 31.3 Å². The quantitative estimate of drug-likeness (QED) is 0.475. The van der Waals surface area contributed by atoms with Crippen molar-refractivity contribution in [1.82, 2.24) is 10.2 Å². The van der Waals surface area contributed by atoms with Gasteiger partial charge in [0.2, 0.25) is 5.91 Å². The number of benzene rings is 2. The van der Waals surface area contributed by atoms with E-state index >= 15 is 0 Å². The molecule has 0 bridgehead atoms. The molecule has 0 aromatic heterocycles. The summed E-state index contributed by atoms with van der Waals surface area (Å²) in [6.07, 6.45) is 0.0468. The van der Waals surface area contributed by atoms with Crippen LogP contribution in [0.4, 0.5) is 4.39 Å². The van der Waals surface area contributed by atoms with Gasteiger partial charge in [0.05, 0.1) is 44.6 Å². The Morgan fingerprint density at radius 3 is 2.57 bits per heavy atom. The van der Waals surface area contributed by atoms with E-state index < -0.39 is 12.0 Å². The van der Waals surface area contributed by atoms with Crippen molar-refractivity contribution >= 4 is 28.8 Å². The van der Waals surface area contributed by atoms with Gasteiger partial charge in [-0.2, -0.15) is 0 Å². The van der Waals surface area contributed by atoms with E-state index in [2.05, 4.69) is 10.3 Å². The molecule has 0 aliphatic carbocycles. The van der Waals surface area contributed by atoms with Gasteiger partial charge in [0.1, 0.15) is 17.3 Å². The van der Waals surface area contributed by atoms with Crippen molar-refractivity contribution in [1.29, 1.82) is 0 Å². The minimum Gasteiger partial charge on any atom is -0.497 e. The average Bonchev–Trinajstić information content (AvgIpc) is 3.28. The van der Waals surface area contributed by atoms with Crippen molar-refractivity contribution in [2.75, 3.05) is 20.8 Å². The fourth-order valence-electron chi connectivity index (χ4n) is 4.22. The Hall–Kier alpha value is -3.79. The average molecular weight is 526 g/mol. The largest absolute Gasteiger partial charge is 0.497 e. The highest BCUT2D eigenvalue weighted by Gasteiger charge is 2.42. The summed E-state index contributed by atoms with van der Waals surface area (Å²) in [7, 11) is 3.12. The van der Waals surface area contributed by atoms with Crippen LogP contribution in [0.3, 0.4) is 0 Å². The van der Waals surface area contributed by atoms with E-state index in [1.807, 2.05) is 16.4 Å². The van der Waals surface area contributed by atoms with Crippen molar-refractivity contribution in [2.24, 2.45) is 4.99 Å². The summed E-state index contributed by atoms with van der Waals surface area (Å²) in [4.78, 5) is 32.6. The molecule has 2 heterocycles. The lowest BCUT2D eigenvalue weighted by molar-refractivity contribution is -0.139. The second kappa shape index (κ2) is 11.5. The first-order valence-electron chi connectivity index (χ1n) is 11.7. The molecular weight excluding hydrogens is 497 g/mol. The molecule has 0 unspecified atom stereocenters. The molecule has 0 radical (unpaired) electrons. The first-order valence-corrected chi connectivity index (χ1v) is 12.6. The van der Waals surface area contributed by atoms with Crippen LogP contribution in [0.15, 0.2) is 69.8 Å². The number of ether oxygens (including phenoxy) is 3. The van der Waals surface area contributed by atoms with Crippen LogP contribution >= 0.6 is 11.8 Å². The summed E-state index contributed by atoms with van der Waals surface area (Å²) in [6.45, 7) is 3.98. The van der Waals surface area contributed by atoms with Crippen LogP contribution in [0.1, 0.15) is 37.4 Å². The van der Waals surface area contributed by atoms with Gasteiger partial charge in [0.25, 0.3) is 0 Å². The van der Waals surface area contributed by atoms with Gasteiger partial charge in [0, 0.05) is 17.8 Å². The minimum atomic E-state index is -0.650. The highest BCUT2D eigenvalue weighted by Crippen LogP contribution is 2.47. The predicted octanol–water partition coefficient (Wildman–Crippen LogP) is 4.69. The van der Waals surface area contributed by atoms with Gasteiger partial charge in [-0.05, 0) is 55.2 Å². The van der Waals surface area contributed by atoms with Crippen molar-refractivity contribution in [3.8, 4) is 11.5 Å². The molecule has 1 N–H and O–H groups in total. The van der Waals surface area contributed by atoms with E-state index in [1.54, 1.807) is 52.3 Å². The monoisotopic (exact) mass is 525 g/mol. The molecule has 0 spiro atoms. The first-order chi connectivity index (χ1) is 17.9. The molecule has 8 nitrogen and oxygen atoms in total. The van der Waals surface area contributed by atoms with Gasteiger partial charge in [-0.25, -0.2) is 14.2 Å². The molecule has 2 aliphatic rings. The molecule has 0 saturated carbocycles. The number of carbonyl (C=O) groups excluding carboxylic acids is 2. The smallest absolute Gasteiger partial charge is 0.338 e. The summed E-state index contributed by atoms with van der Waals surface area (Å²) in [6, 6.07) is 10.7. The van der Waals surface area contributed by atoms with Gasteiger partial charge in [0.15, 0.2) is 5.17 Å².